The number of rotatable bonds is 8. The molecule has 33 heavy (non-hydrogen) atoms. The minimum Gasteiger partial charge on any atom is -0.497 e. The van der Waals surface area contributed by atoms with Gasteiger partial charge in [-0.25, -0.2) is 18.1 Å². The summed E-state index contributed by atoms with van der Waals surface area (Å²) in [5.74, 6) is 1.07. The molecule has 0 bridgehead atoms. The minimum absolute atomic E-state index is 0.168. The number of hydrogen-bond donors (Lipinski definition) is 1. The van der Waals surface area contributed by atoms with Crippen LogP contribution in [0.3, 0.4) is 0 Å². The number of hydrogen-bond acceptors (Lipinski definition) is 5. The molecule has 0 saturated heterocycles. The number of methoxy groups -OCH3 is 1. The molecule has 7 nitrogen and oxygen atoms in total. The summed E-state index contributed by atoms with van der Waals surface area (Å²) in [4.78, 5) is 18.6. The van der Waals surface area contributed by atoms with Gasteiger partial charge >= 0.3 is 0 Å². The van der Waals surface area contributed by atoms with E-state index < -0.39 is 16.1 Å². The van der Waals surface area contributed by atoms with E-state index in [-0.39, 0.29) is 10.8 Å². The fraction of sp³-hybridized carbons (Fsp3) is 0.200. The number of benzene rings is 2. The standard InChI is InChI=1S/C25H25N3O4S/c1-18-6-12-22(13-7-18)33(30,31)27-23(20-8-10-21(32-2)11-9-20)15-19-16-25(29)28(17-19)24-5-3-4-14-26-24/h3-14,16,23,27H,15,17H2,1-2H3. The van der Waals surface area contributed by atoms with Crippen molar-refractivity contribution >= 4 is 21.7 Å². The molecule has 0 spiro atoms. The molecular weight excluding hydrogens is 438 g/mol. The Balaban J connectivity index is 1.60. The first kappa shape index (κ1) is 22.7. The van der Waals surface area contributed by atoms with E-state index in [9.17, 15) is 13.2 Å². The number of aryl methyl sites for hydroxylation is 1. The van der Waals surface area contributed by atoms with Crippen LogP contribution >= 0.6 is 0 Å². The molecule has 1 amide bonds. The van der Waals surface area contributed by atoms with Crippen LogP contribution in [0, 0.1) is 6.92 Å². The van der Waals surface area contributed by atoms with Gasteiger partial charge in [0.2, 0.25) is 10.0 Å². The minimum atomic E-state index is -3.78. The number of carbonyl (C=O) groups is 1. The summed E-state index contributed by atoms with van der Waals surface area (Å²) in [6.45, 7) is 2.26. The second-order valence-electron chi connectivity index (χ2n) is 7.88. The lowest BCUT2D eigenvalue weighted by Gasteiger charge is -2.21. The summed E-state index contributed by atoms with van der Waals surface area (Å²) < 4.78 is 34.3. The second kappa shape index (κ2) is 9.56. The van der Waals surface area contributed by atoms with Gasteiger partial charge < -0.3 is 4.74 Å². The Bertz CT molecular complexity index is 1260. The molecule has 1 unspecified atom stereocenters. The lowest BCUT2D eigenvalue weighted by atomic mass is 10.00. The first-order valence-corrected chi connectivity index (χ1v) is 12.0. The number of nitrogens with zero attached hydrogens (tertiary/aromatic N) is 2. The smallest absolute Gasteiger partial charge is 0.252 e. The Kier molecular flexibility index (Phi) is 6.57. The quantitative estimate of drug-likeness (QED) is 0.549. The lowest BCUT2D eigenvalue weighted by molar-refractivity contribution is -0.113. The molecule has 8 heteroatoms. The van der Waals surface area contributed by atoms with Crippen LogP contribution in [0.25, 0.3) is 0 Å². The highest BCUT2D eigenvalue weighted by molar-refractivity contribution is 7.89. The summed E-state index contributed by atoms with van der Waals surface area (Å²) in [5, 5.41) is 0. The molecule has 0 fully saturated rings. The van der Waals surface area contributed by atoms with Crippen molar-refractivity contribution < 1.29 is 17.9 Å². The van der Waals surface area contributed by atoms with Crippen molar-refractivity contribution in [3.63, 3.8) is 0 Å². The number of nitrogens with one attached hydrogen (secondary N) is 1. The Morgan fingerprint density at radius 2 is 1.79 bits per heavy atom. The van der Waals surface area contributed by atoms with E-state index in [0.717, 1.165) is 16.7 Å². The SMILES string of the molecule is COc1ccc(C(CC2=CC(=O)N(c3ccccn3)C2)NS(=O)(=O)c2ccc(C)cc2)cc1. The topological polar surface area (TPSA) is 88.6 Å². The summed E-state index contributed by atoms with van der Waals surface area (Å²) in [7, 11) is -2.20. The van der Waals surface area contributed by atoms with E-state index >= 15 is 0 Å². The van der Waals surface area contributed by atoms with Crippen LogP contribution < -0.4 is 14.4 Å². The highest BCUT2D eigenvalue weighted by Crippen LogP contribution is 2.29. The van der Waals surface area contributed by atoms with Crippen molar-refractivity contribution in [3.05, 3.63) is 95.7 Å². The van der Waals surface area contributed by atoms with Gasteiger partial charge in [0.05, 0.1) is 18.0 Å². The third-order valence-corrected chi connectivity index (χ3v) is 6.98. The molecule has 2 aromatic carbocycles. The molecular formula is C25H25N3O4S. The van der Waals surface area contributed by atoms with Gasteiger partial charge in [0, 0.05) is 18.8 Å². The highest BCUT2D eigenvalue weighted by atomic mass is 32.2. The Hall–Kier alpha value is -3.49. The van der Waals surface area contributed by atoms with Crippen molar-refractivity contribution in [2.45, 2.75) is 24.3 Å². The second-order valence-corrected chi connectivity index (χ2v) is 9.59. The zero-order valence-corrected chi connectivity index (χ0v) is 19.2. The van der Waals surface area contributed by atoms with Gasteiger partial charge in [-0.3, -0.25) is 9.69 Å². The van der Waals surface area contributed by atoms with Crippen LogP contribution in [0.5, 0.6) is 5.75 Å². The number of pyridine rings is 1. The molecule has 0 saturated carbocycles. The number of anilines is 1. The van der Waals surface area contributed by atoms with Gasteiger partial charge in [-0.05, 0) is 60.9 Å². The molecule has 3 aromatic rings. The van der Waals surface area contributed by atoms with Crippen LogP contribution in [-0.2, 0) is 14.8 Å². The van der Waals surface area contributed by atoms with E-state index in [1.165, 1.54) is 0 Å². The highest BCUT2D eigenvalue weighted by Gasteiger charge is 2.28. The van der Waals surface area contributed by atoms with Gasteiger partial charge in [-0.2, -0.15) is 0 Å². The average Bonchev–Trinajstić information content (AvgIpc) is 3.19. The van der Waals surface area contributed by atoms with E-state index in [2.05, 4.69) is 9.71 Å². The summed E-state index contributed by atoms with van der Waals surface area (Å²) >= 11 is 0. The zero-order chi connectivity index (χ0) is 23.4. The molecule has 1 aromatic heterocycles. The lowest BCUT2D eigenvalue weighted by Crippen LogP contribution is -2.30. The van der Waals surface area contributed by atoms with Crippen LogP contribution in [-0.4, -0.2) is 33.0 Å². The molecule has 2 heterocycles. The Morgan fingerprint density at radius 3 is 2.42 bits per heavy atom. The maximum atomic E-state index is 13.1. The third-order valence-electron chi connectivity index (χ3n) is 5.49. The predicted molar refractivity (Wildman–Crippen MR) is 127 cm³/mol. The molecule has 4 rings (SSSR count). The monoisotopic (exact) mass is 463 g/mol. The largest absolute Gasteiger partial charge is 0.497 e. The fourth-order valence-corrected chi connectivity index (χ4v) is 4.93. The van der Waals surface area contributed by atoms with Gasteiger partial charge in [-0.15, -0.1) is 0 Å². The van der Waals surface area contributed by atoms with Gasteiger partial charge in [0.25, 0.3) is 5.91 Å². The van der Waals surface area contributed by atoms with Crippen molar-refractivity contribution in [1.82, 2.24) is 9.71 Å². The summed E-state index contributed by atoms with van der Waals surface area (Å²) in [6.07, 6.45) is 3.54. The van der Waals surface area contributed by atoms with Gasteiger partial charge in [0.15, 0.2) is 0 Å². The number of amides is 1. The number of aromatic nitrogens is 1. The molecule has 0 radical (unpaired) electrons. The first-order valence-electron chi connectivity index (χ1n) is 10.5. The Morgan fingerprint density at radius 1 is 1.06 bits per heavy atom. The number of carbonyl (C=O) groups excluding carboxylic acids is 1. The molecule has 1 N–H and O–H groups in total. The normalized spacial score (nSPS) is 14.8. The molecule has 170 valence electrons. The summed E-state index contributed by atoms with van der Waals surface area (Å²) in [6, 6.07) is 18.8. The number of ether oxygens (including phenoxy) is 1. The van der Waals surface area contributed by atoms with E-state index in [4.69, 9.17) is 4.74 Å². The predicted octanol–water partition coefficient (Wildman–Crippen LogP) is 3.78. The van der Waals surface area contributed by atoms with Crippen molar-refractivity contribution in [2.75, 3.05) is 18.6 Å². The van der Waals surface area contributed by atoms with Crippen LogP contribution in [0.4, 0.5) is 5.82 Å². The maximum absolute atomic E-state index is 13.1. The molecule has 1 aliphatic heterocycles. The van der Waals surface area contributed by atoms with Gasteiger partial charge in [-0.1, -0.05) is 35.9 Å². The van der Waals surface area contributed by atoms with E-state index in [1.807, 2.05) is 25.1 Å². The Labute approximate surface area is 193 Å². The zero-order valence-electron chi connectivity index (χ0n) is 18.4. The molecule has 1 atom stereocenters. The van der Waals surface area contributed by atoms with Crippen molar-refractivity contribution in [2.24, 2.45) is 0 Å². The summed E-state index contributed by atoms with van der Waals surface area (Å²) in [5.41, 5.74) is 2.57. The maximum Gasteiger partial charge on any atom is 0.252 e. The van der Waals surface area contributed by atoms with E-state index in [0.29, 0.717) is 24.5 Å². The van der Waals surface area contributed by atoms with Crippen molar-refractivity contribution in [3.8, 4) is 5.75 Å². The number of sulfonamides is 1. The first-order chi connectivity index (χ1) is 15.9. The van der Waals surface area contributed by atoms with Gasteiger partial charge in [0.1, 0.15) is 11.6 Å². The van der Waals surface area contributed by atoms with Crippen LogP contribution in [0.1, 0.15) is 23.6 Å². The van der Waals surface area contributed by atoms with Crippen LogP contribution in [0.2, 0.25) is 0 Å². The van der Waals surface area contributed by atoms with E-state index in [1.54, 1.807) is 72.8 Å². The average molecular weight is 464 g/mol. The fourth-order valence-electron chi connectivity index (χ4n) is 3.71. The third kappa shape index (κ3) is 5.30. The van der Waals surface area contributed by atoms with Crippen molar-refractivity contribution in [1.29, 1.82) is 0 Å². The molecule has 0 aliphatic carbocycles. The molecule has 1 aliphatic rings. The van der Waals surface area contributed by atoms with Crippen LogP contribution in [0.15, 0.2) is 89.5 Å².